The van der Waals surface area contributed by atoms with Crippen LogP contribution in [0.25, 0.3) is 12.2 Å². The fraction of sp³-hybridized carbons (Fsp3) is 0.231. The van der Waals surface area contributed by atoms with Gasteiger partial charge in [-0.1, -0.05) is 41.9 Å². The van der Waals surface area contributed by atoms with E-state index in [4.69, 9.17) is 21.4 Å². The maximum Gasteiger partial charge on any atom is 0.335 e. The molecule has 1 heterocycles. The van der Waals surface area contributed by atoms with E-state index < -0.39 is 5.97 Å². The molecule has 1 N–H and O–H groups in total. The number of aromatic nitrogens is 1. The summed E-state index contributed by atoms with van der Waals surface area (Å²) in [6, 6.07) is 16.3. The van der Waals surface area contributed by atoms with Crippen molar-refractivity contribution < 1.29 is 14.6 Å². The summed E-state index contributed by atoms with van der Waals surface area (Å²) in [5, 5.41) is 9.31. The largest absolute Gasteiger partial charge is 0.497 e. The molecule has 32 heavy (non-hydrogen) atoms. The zero-order chi connectivity index (χ0) is 22.7. The lowest BCUT2D eigenvalue weighted by atomic mass is 10.1. The number of ether oxygens (including phenoxy) is 1. The Balaban J connectivity index is 1.68. The summed E-state index contributed by atoms with van der Waals surface area (Å²) in [7, 11) is 1.63. The summed E-state index contributed by atoms with van der Waals surface area (Å²) in [4.78, 5) is 24.0. The lowest BCUT2D eigenvalue weighted by Crippen LogP contribution is -2.25. The average molecular weight is 450 g/mol. The summed E-state index contributed by atoms with van der Waals surface area (Å²) in [5.74, 6) is 0.230. The second kappa shape index (κ2) is 9.45. The molecule has 2 aromatic carbocycles. The van der Waals surface area contributed by atoms with Crippen molar-refractivity contribution in [1.82, 2.24) is 4.57 Å². The van der Waals surface area contributed by atoms with Crippen molar-refractivity contribution in [2.24, 2.45) is 0 Å². The van der Waals surface area contributed by atoms with E-state index in [1.54, 1.807) is 35.9 Å². The van der Waals surface area contributed by atoms with Crippen LogP contribution in [0, 0.1) is 0 Å². The molecule has 1 saturated carbocycles. The maximum absolute atomic E-state index is 13.0. The number of methoxy groups -OCH3 is 1. The van der Waals surface area contributed by atoms with Gasteiger partial charge < -0.3 is 14.4 Å². The van der Waals surface area contributed by atoms with Crippen LogP contribution in [0.3, 0.4) is 0 Å². The number of nitrogens with zero attached hydrogens (tertiary/aromatic N) is 1. The zero-order valence-electron chi connectivity index (χ0n) is 17.8. The zero-order valence-corrected chi connectivity index (χ0v) is 18.5. The third-order valence-corrected chi connectivity index (χ3v) is 5.96. The molecule has 0 atom stereocenters. The number of hydrogen-bond acceptors (Lipinski definition) is 3. The van der Waals surface area contributed by atoms with Gasteiger partial charge in [0, 0.05) is 12.2 Å². The molecular weight excluding hydrogens is 426 g/mol. The smallest absolute Gasteiger partial charge is 0.335 e. The van der Waals surface area contributed by atoms with E-state index in [2.05, 4.69) is 0 Å². The Hall–Kier alpha value is -3.31. The van der Waals surface area contributed by atoms with Crippen molar-refractivity contribution in [2.75, 3.05) is 7.11 Å². The minimum atomic E-state index is -0.957. The number of pyridine rings is 1. The molecule has 0 amide bonds. The molecule has 0 saturated heterocycles. The van der Waals surface area contributed by atoms with Crippen molar-refractivity contribution in [2.45, 2.75) is 31.7 Å². The summed E-state index contributed by atoms with van der Waals surface area (Å²) < 4.78 is 7.04. The van der Waals surface area contributed by atoms with Gasteiger partial charge in [-0.05, 0) is 78.3 Å². The topological polar surface area (TPSA) is 68.5 Å². The van der Waals surface area contributed by atoms with Gasteiger partial charge in [-0.3, -0.25) is 4.79 Å². The Morgan fingerprint density at radius 2 is 1.91 bits per heavy atom. The van der Waals surface area contributed by atoms with E-state index in [-0.39, 0.29) is 16.1 Å². The second-order valence-corrected chi connectivity index (χ2v) is 8.33. The van der Waals surface area contributed by atoms with Gasteiger partial charge in [0.1, 0.15) is 10.8 Å². The lowest BCUT2D eigenvalue weighted by molar-refractivity contribution is 0.0697. The molecule has 0 unspecified atom stereocenters. The Labute approximate surface area is 191 Å². The summed E-state index contributed by atoms with van der Waals surface area (Å²) >= 11 is 6.32. The van der Waals surface area contributed by atoms with Gasteiger partial charge in [0.05, 0.1) is 12.7 Å². The number of rotatable bonds is 8. The first-order valence-electron chi connectivity index (χ1n) is 10.5. The Kier molecular flexibility index (Phi) is 6.47. The van der Waals surface area contributed by atoms with Crippen molar-refractivity contribution in [1.29, 1.82) is 0 Å². The minimum Gasteiger partial charge on any atom is -0.497 e. The minimum absolute atomic E-state index is 0.219. The molecule has 1 aromatic heterocycles. The van der Waals surface area contributed by atoms with Crippen molar-refractivity contribution in [3.05, 3.63) is 97.9 Å². The van der Waals surface area contributed by atoms with Crippen LogP contribution in [0.5, 0.6) is 5.75 Å². The summed E-state index contributed by atoms with van der Waals surface area (Å²) in [6.07, 6.45) is 6.73. The van der Waals surface area contributed by atoms with E-state index in [0.29, 0.717) is 18.9 Å². The molecular formula is C26H24ClNO4. The van der Waals surface area contributed by atoms with Crippen molar-refractivity contribution in [3.63, 3.8) is 0 Å². The number of aromatic carboxylic acids is 1. The number of carbonyl (C=O) groups is 1. The van der Waals surface area contributed by atoms with Gasteiger partial charge in [-0.2, -0.15) is 0 Å². The molecule has 0 spiro atoms. The highest BCUT2D eigenvalue weighted by Gasteiger charge is 2.28. The van der Waals surface area contributed by atoms with E-state index in [9.17, 15) is 9.59 Å². The van der Waals surface area contributed by atoms with Crippen LogP contribution in [0.2, 0.25) is 5.02 Å². The van der Waals surface area contributed by atoms with Crippen LogP contribution in [-0.2, 0) is 13.0 Å². The number of aryl methyl sites for hydroxylation is 1. The van der Waals surface area contributed by atoms with Gasteiger partial charge in [-0.25, -0.2) is 4.79 Å². The molecule has 164 valence electrons. The molecule has 6 heteroatoms. The number of carboxylic acid groups (broad SMARTS) is 1. The predicted molar refractivity (Wildman–Crippen MR) is 127 cm³/mol. The highest BCUT2D eigenvalue weighted by Crippen LogP contribution is 2.42. The Morgan fingerprint density at radius 1 is 1.16 bits per heavy atom. The molecule has 0 aliphatic heterocycles. The highest BCUT2D eigenvalue weighted by molar-refractivity contribution is 6.30. The molecule has 1 fully saturated rings. The Morgan fingerprint density at radius 3 is 2.56 bits per heavy atom. The SMILES string of the molecule is COc1cccc(C=Cc2c(C3CC3)cc(Cl)c(=O)n2CCc2ccc(C(=O)O)cc2)c1. The highest BCUT2D eigenvalue weighted by atomic mass is 35.5. The first-order chi connectivity index (χ1) is 15.5. The number of halogens is 1. The lowest BCUT2D eigenvalue weighted by Gasteiger charge is -2.16. The second-order valence-electron chi connectivity index (χ2n) is 7.93. The Bertz CT molecular complexity index is 1220. The quantitative estimate of drug-likeness (QED) is 0.493. The molecule has 1 aliphatic carbocycles. The fourth-order valence-electron chi connectivity index (χ4n) is 3.77. The third-order valence-electron chi connectivity index (χ3n) is 5.69. The van der Waals surface area contributed by atoms with Gasteiger partial charge in [0.25, 0.3) is 5.56 Å². The van der Waals surface area contributed by atoms with E-state index in [0.717, 1.165) is 41.0 Å². The number of carboxylic acids is 1. The molecule has 5 nitrogen and oxygen atoms in total. The van der Waals surface area contributed by atoms with Gasteiger partial charge in [0.2, 0.25) is 0 Å². The van der Waals surface area contributed by atoms with E-state index in [1.807, 2.05) is 42.5 Å². The van der Waals surface area contributed by atoms with Gasteiger partial charge >= 0.3 is 5.97 Å². The summed E-state index contributed by atoms with van der Waals surface area (Å²) in [6.45, 7) is 0.448. The molecule has 0 bridgehead atoms. The van der Waals surface area contributed by atoms with Crippen LogP contribution < -0.4 is 10.3 Å². The third kappa shape index (κ3) is 4.94. The number of benzene rings is 2. The van der Waals surface area contributed by atoms with Crippen LogP contribution in [0.1, 0.15) is 51.5 Å². The average Bonchev–Trinajstić information content (AvgIpc) is 3.64. The molecule has 4 rings (SSSR count). The maximum atomic E-state index is 13.0. The molecule has 3 aromatic rings. The normalized spacial score (nSPS) is 13.4. The first-order valence-corrected chi connectivity index (χ1v) is 10.9. The van der Waals surface area contributed by atoms with Crippen LogP contribution in [0.4, 0.5) is 0 Å². The van der Waals surface area contributed by atoms with Crippen LogP contribution in [0.15, 0.2) is 59.4 Å². The molecule has 0 radical (unpaired) electrons. The van der Waals surface area contributed by atoms with Crippen molar-refractivity contribution in [3.8, 4) is 5.75 Å². The standard InChI is InChI=1S/C26H24ClNO4/c1-32-21-4-2-3-18(15-21)7-12-24-22(19-10-11-19)16-23(27)25(29)28(24)14-13-17-5-8-20(9-6-17)26(30)31/h2-9,12,15-16,19H,10-11,13-14H2,1H3,(H,30,31). The fourth-order valence-corrected chi connectivity index (χ4v) is 3.99. The first kappa shape index (κ1) is 21.9. The van der Waals surface area contributed by atoms with Crippen LogP contribution in [-0.4, -0.2) is 22.8 Å². The van der Waals surface area contributed by atoms with Crippen molar-refractivity contribution >= 4 is 29.7 Å². The van der Waals surface area contributed by atoms with E-state index in [1.165, 1.54) is 0 Å². The monoisotopic (exact) mass is 449 g/mol. The number of hydrogen-bond donors (Lipinski definition) is 1. The van der Waals surface area contributed by atoms with Crippen LogP contribution >= 0.6 is 11.6 Å². The predicted octanol–water partition coefficient (Wildman–Crippen LogP) is 5.50. The summed E-state index contributed by atoms with van der Waals surface area (Å²) in [5.41, 5.74) is 3.92. The van der Waals surface area contributed by atoms with E-state index >= 15 is 0 Å². The van der Waals surface area contributed by atoms with Gasteiger partial charge in [-0.15, -0.1) is 0 Å². The molecule has 1 aliphatic rings. The van der Waals surface area contributed by atoms with Gasteiger partial charge in [0.15, 0.2) is 0 Å².